The molecule has 1 unspecified atom stereocenters. The Morgan fingerprint density at radius 1 is 1.12 bits per heavy atom. The molecular formula is C16H13N3O5S. The van der Waals surface area contributed by atoms with Crippen LogP contribution in [0.3, 0.4) is 0 Å². The number of hydrogen-bond donors (Lipinski definition) is 1. The molecule has 4 rings (SSSR count). The van der Waals surface area contributed by atoms with Gasteiger partial charge in [0.25, 0.3) is 0 Å². The van der Waals surface area contributed by atoms with Gasteiger partial charge >= 0.3 is 10.3 Å². The van der Waals surface area contributed by atoms with E-state index in [1.807, 2.05) is 30.3 Å². The Kier molecular flexibility index (Phi) is 3.66. The fourth-order valence-electron chi connectivity index (χ4n) is 2.53. The maximum atomic E-state index is 12.0. The minimum absolute atomic E-state index is 0.122. The van der Waals surface area contributed by atoms with E-state index in [2.05, 4.69) is 14.9 Å². The second kappa shape index (κ2) is 5.87. The molecule has 1 aromatic heterocycles. The Balaban J connectivity index is 1.77. The second-order valence-corrected chi connectivity index (χ2v) is 6.61. The molecule has 0 amide bonds. The third-order valence-electron chi connectivity index (χ3n) is 3.70. The van der Waals surface area contributed by atoms with Gasteiger partial charge in [-0.1, -0.05) is 18.2 Å². The van der Waals surface area contributed by atoms with Crippen LogP contribution in [-0.2, 0) is 10.3 Å². The van der Waals surface area contributed by atoms with Gasteiger partial charge in [-0.2, -0.15) is 13.1 Å². The summed E-state index contributed by atoms with van der Waals surface area (Å²) in [4.78, 5) is 0. The summed E-state index contributed by atoms with van der Waals surface area (Å²) in [5, 5.41) is 7.99. The largest absolute Gasteiger partial charge is 0.497 e. The highest BCUT2D eigenvalue weighted by Crippen LogP contribution is 2.37. The molecule has 1 atom stereocenters. The highest BCUT2D eigenvalue weighted by molar-refractivity contribution is 7.85. The van der Waals surface area contributed by atoms with Crippen molar-refractivity contribution in [3.05, 3.63) is 60.0 Å². The van der Waals surface area contributed by atoms with Crippen LogP contribution in [0.15, 0.2) is 52.9 Å². The number of methoxy groups -OCH3 is 1. The molecule has 0 spiro atoms. The van der Waals surface area contributed by atoms with Gasteiger partial charge in [-0.25, -0.2) is 0 Å². The third-order valence-corrected chi connectivity index (χ3v) is 4.63. The number of hydrogen-bond acceptors (Lipinski definition) is 7. The summed E-state index contributed by atoms with van der Waals surface area (Å²) in [7, 11) is -2.52. The molecule has 1 aliphatic heterocycles. The summed E-state index contributed by atoms with van der Waals surface area (Å²) >= 11 is 0. The lowest BCUT2D eigenvalue weighted by molar-refractivity contribution is 0.395. The first-order valence-electron chi connectivity index (χ1n) is 7.34. The fraction of sp³-hybridized carbons (Fsp3) is 0.125. The highest BCUT2D eigenvalue weighted by atomic mass is 32.2. The van der Waals surface area contributed by atoms with Crippen LogP contribution in [0.4, 0.5) is 0 Å². The van der Waals surface area contributed by atoms with Crippen LogP contribution in [0.2, 0.25) is 0 Å². The van der Waals surface area contributed by atoms with Crippen LogP contribution in [0.25, 0.3) is 11.5 Å². The van der Waals surface area contributed by atoms with E-state index < -0.39 is 16.3 Å². The van der Waals surface area contributed by atoms with Crippen LogP contribution < -0.4 is 13.6 Å². The molecule has 2 aromatic carbocycles. The van der Waals surface area contributed by atoms with E-state index in [1.165, 1.54) is 13.2 Å². The molecule has 0 radical (unpaired) electrons. The standard InChI is InChI=1S/C16H13N3O5S/c1-22-11-7-8-12-13(9-11)24-25(20,21)19-14(12)16-18-17-15(23-16)10-5-3-2-4-6-10/h2-9,14,19H,1H3. The maximum Gasteiger partial charge on any atom is 0.383 e. The van der Waals surface area contributed by atoms with Crippen LogP contribution in [0.1, 0.15) is 17.5 Å². The normalized spacial score (nSPS) is 18.2. The summed E-state index contributed by atoms with van der Waals surface area (Å²) in [6.45, 7) is 0. The molecule has 0 saturated heterocycles. The smallest absolute Gasteiger partial charge is 0.383 e. The molecule has 1 aliphatic rings. The van der Waals surface area contributed by atoms with Crippen molar-refractivity contribution in [3.8, 4) is 23.0 Å². The lowest BCUT2D eigenvalue weighted by Gasteiger charge is -2.24. The number of benzene rings is 2. The van der Waals surface area contributed by atoms with E-state index in [4.69, 9.17) is 13.3 Å². The molecule has 3 aromatic rings. The van der Waals surface area contributed by atoms with Gasteiger partial charge in [-0.3, -0.25) is 0 Å². The van der Waals surface area contributed by atoms with E-state index >= 15 is 0 Å². The summed E-state index contributed by atoms with van der Waals surface area (Å²) < 4.78 is 42.2. The minimum atomic E-state index is -4.01. The Hall–Kier alpha value is -2.91. The van der Waals surface area contributed by atoms with E-state index in [-0.39, 0.29) is 11.6 Å². The minimum Gasteiger partial charge on any atom is -0.497 e. The number of fused-ring (bicyclic) bond motifs is 1. The van der Waals surface area contributed by atoms with Gasteiger partial charge in [0.2, 0.25) is 11.8 Å². The van der Waals surface area contributed by atoms with E-state index in [9.17, 15) is 8.42 Å². The van der Waals surface area contributed by atoms with Gasteiger partial charge in [0.15, 0.2) is 5.75 Å². The van der Waals surface area contributed by atoms with Crippen molar-refractivity contribution in [3.63, 3.8) is 0 Å². The van der Waals surface area contributed by atoms with E-state index in [0.29, 0.717) is 17.2 Å². The Morgan fingerprint density at radius 2 is 1.92 bits per heavy atom. The molecular weight excluding hydrogens is 346 g/mol. The first-order valence-corrected chi connectivity index (χ1v) is 8.75. The van der Waals surface area contributed by atoms with Gasteiger partial charge < -0.3 is 13.3 Å². The van der Waals surface area contributed by atoms with Crippen LogP contribution >= 0.6 is 0 Å². The molecule has 0 saturated carbocycles. The van der Waals surface area contributed by atoms with Crippen molar-refractivity contribution >= 4 is 10.3 Å². The average molecular weight is 359 g/mol. The zero-order chi connectivity index (χ0) is 17.4. The van der Waals surface area contributed by atoms with Crippen LogP contribution in [-0.4, -0.2) is 25.7 Å². The van der Waals surface area contributed by atoms with E-state index in [0.717, 1.165) is 5.56 Å². The maximum absolute atomic E-state index is 12.0. The van der Waals surface area contributed by atoms with Crippen molar-refractivity contribution in [1.29, 1.82) is 0 Å². The van der Waals surface area contributed by atoms with Crippen molar-refractivity contribution < 1.29 is 21.8 Å². The molecule has 2 heterocycles. The Bertz CT molecular complexity index is 1020. The molecule has 0 aliphatic carbocycles. The Labute approximate surface area is 143 Å². The molecule has 9 heteroatoms. The van der Waals surface area contributed by atoms with Gasteiger partial charge in [-0.15, -0.1) is 10.2 Å². The number of aromatic nitrogens is 2. The first-order chi connectivity index (χ1) is 12.1. The highest BCUT2D eigenvalue weighted by Gasteiger charge is 2.35. The predicted octanol–water partition coefficient (Wildman–Crippen LogP) is 2.06. The quantitative estimate of drug-likeness (QED) is 0.763. The molecule has 25 heavy (non-hydrogen) atoms. The molecule has 128 valence electrons. The van der Waals surface area contributed by atoms with Crippen molar-refractivity contribution in [1.82, 2.24) is 14.9 Å². The van der Waals surface area contributed by atoms with Gasteiger partial charge in [0, 0.05) is 17.2 Å². The van der Waals surface area contributed by atoms with Crippen molar-refractivity contribution in [2.24, 2.45) is 0 Å². The van der Waals surface area contributed by atoms with Gasteiger partial charge in [0.05, 0.1) is 7.11 Å². The monoisotopic (exact) mass is 359 g/mol. The summed E-state index contributed by atoms with van der Waals surface area (Å²) in [5.74, 6) is 1.06. The molecule has 0 bridgehead atoms. The van der Waals surface area contributed by atoms with E-state index in [1.54, 1.807) is 12.1 Å². The number of ether oxygens (including phenoxy) is 1. The second-order valence-electron chi connectivity index (χ2n) is 5.30. The molecule has 8 nitrogen and oxygen atoms in total. The SMILES string of the molecule is COc1ccc2c(c1)OS(=O)(=O)NC2c1nnc(-c2ccccc2)o1. The van der Waals surface area contributed by atoms with Crippen molar-refractivity contribution in [2.45, 2.75) is 6.04 Å². The average Bonchev–Trinajstić information content (AvgIpc) is 3.10. The fourth-order valence-corrected chi connectivity index (χ4v) is 3.48. The first kappa shape index (κ1) is 15.6. The summed E-state index contributed by atoms with van der Waals surface area (Å²) in [6.07, 6.45) is 0. The van der Waals surface area contributed by atoms with Crippen molar-refractivity contribution in [2.75, 3.05) is 7.11 Å². The molecule has 1 N–H and O–H groups in total. The van der Waals surface area contributed by atoms with Crippen LogP contribution in [0.5, 0.6) is 11.5 Å². The summed E-state index contributed by atoms with van der Waals surface area (Å²) in [6, 6.07) is 13.2. The lowest BCUT2D eigenvalue weighted by Crippen LogP contribution is -2.37. The van der Waals surface area contributed by atoms with Gasteiger partial charge in [-0.05, 0) is 24.3 Å². The summed E-state index contributed by atoms with van der Waals surface area (Å²) in [5.41, 5.74) is 1.30. The number of nitrogens with one attached hydrogen (secondary N) is 1. The van der Waals surface area contributed by atoms with Gasteiger partial charge in [0.1, 0.15) is 11.8 Å². The number of nitrogens with zero attached hydrogens (tertiary/aromatic N) is 2. The zero-order valence-electron chi connectivity index (χ0n) is 13.0. The van der Waals surface area contributed by atoms with Crippen LogP contribution in [0, 0.1) is 0 Å². The predicted molar refractivity (Wildman–Crippen MR) is 87.3 cm³/mol. The topological polar surface area (TPSA) is 104 Å². The lowest BCUT2D eigenvalue weighted by atomic mass is 10.1. The number of rotatable bonds is 3. The molecule has 0 fully saturated rings. The zero-order valence-corrected chi connectivity index (χ0v) is 13.9. The third kappa shape index (κ3) is 2.94. The Morgan fingerprint density at radius 3 is 2.68 bits per heavy atom.